The van der Waals surface area contributed by atoms with Crippen LogP contribution in [0.2, 0.25) is 0 Å². The quantitative estimate of drug-likeness (QED) is 0.499. The van der Waals surface area contributed by atoms with Gasteiger partial charge in [0.2, 0.25) is 0 Å². The van der Waals surface area contributed by atoms with Crippen LogP contribution in [-0.2, 0) is 0 Å². The molecule has 0 aromatic heterocycles. The summed E-state index contributed by atoms with van der Waals surface area (Å²) < 4.78 is 0. The molecule has 2 unspecified atom stereocenters. The maximum absolute atomic E-state index is 2.34. The highest BCUT2D eigenvalue weighted by atomic mass is 14.4. The monoisotopic (exact) mass is 120 g/mol. The fourth-order valence-corrected chi connectivity index (χ4v) is 1.58. The second kappa shape index (κ2) is 1.73. The Morgan fingerprint density at radius 2 is 2.33 bits per heavy atom. The summed E-state index contributed by atoms with van der Waals surface area (Å²) in [5.74, 6) is 1.94. The van der Waals surface area contributed by atoms with E-state index in [2.05, 4.69) is 25.2 Å². The van der Waals surface area contributed by atoms with Crippen molar-refractivity contribution in [2.45, 2.75) is 19.8 Å². The highest BCUT2D eigenvalue weighted by molar-refractivity contribution is 5.28. The van der Waals surface area contributed by atoms with E-state index < -0.39 is 0 Å². The number of hydrogen-bond donors (Lipinski definition) is 0. The topological polar surface area (TPSA) is 0 Å². The minimum Gasteiger partial charge on any atom is -0.0805 e. The molecule has 0 nitrogen and oxygen atoms in total. The first-order chi connectivity index (χ1) is 4.38. The van der Waals surface area contributed by atoms with Gasteiger partial charge in [-0.3, -0.25) is 0 Å². The molecule has 48 valence electrons. The third-order valence-corrected chi connectivity index (χ3v) is 2.39. The summed E-state index contributed by atoms with van der Waals surface area (Å²) in [5.41, 5.74) is 1.67. The standard InChI is InChI=1S/C9H12/c1-7-6-9(7)8-4-2-3-5-8/h2-4,7,9H,5-6H2,1H3. The van der Waals surface area contributed by atoms with Gasteiger partial charge in [0.05, 0.1) is 0 Å². The van der Waals surface area contributed by atoms with Gasteiger partial charge in [0.1, 0.15) is 0 Å². The average Bonchev–Trinajstić information content (AvgIpc) is 2.44. The molecule has 1 saturated carbocycles. The Hall–Kier alpha value is -0.520. The Kier molecular flexibility index (Phi) is 1.01. The van der Waals surface area contributed by atoms with E-state index in [4.69, 9.17) is 0 Å². The lowest BCUT2D eigenvalue weighted by atomic mass is 10.1. The minimum absolute atomic E-state index is 0.958. The average molecular weight is 120 g/mol. The molecule has 2 atom stereocenters. The van der Waals surface area contributed by atoms with E-state index in [1.165, 1.54) is 12.8 Å². The van der Waals surface area contributed by atoms with Gasteiger partial charge in [-0.15, -0.1) is 0 Å². The van der Waals surface area contributed by atoms with Gasteiger partial charge >= 0.3 is 0 Å². The van der Waals surface area contributed by atoms with Crippen LogP contribution in [0.4, 0.5) is 0 Å². The Morgan fingerprint density at radius 3 is 2.78 bits per heavy atom. The van der Waals surface area contributed by atoms with Gasteiger partial charge in [0.25, 0.3) is 0 Å². The van der Waals surface area contributed by atoms with Crippen LogP contribution in [0.1, 0.15) is 19.8 Å². The molecule has 2 rings (SSSR count). The summed E-state index contributed by atoms with van der Waals surface area (Å²) in [6.45, 7) is 2.34. The van der Waals surface area contributed by atoms with Gasteiger partial charge in [-0.05, 0) is 24.7 Å². The molecule has 0 radical (unpaired) electrons. The second-order valence-corrected chi connectivity index (χ2v) is 3.19. The van der Waals surface area contributed by atoms with Crippen molar-refractivity contribution in [3.05, 3.63) is 23.8 Å². The summed E-state index contributed by atoms with van der Waals surface area (Å²) >= 11 is 0. The van der Waals surface area contributed by atoms with E-state index in [0.29, 0.717) is 0 Å². The SMILES string of the molecule is CC1CC1C1=CC=CC1. The van der Waals surface area contributed by atoms with Crippen molar-refractivity contribution < 1.29 is 0 Å². The molecule has 2 aliphatic rings. The molecule has 9 heavy (non-hydrogen) atoms. The van der Waals surface area contributed by atoms with E-state index >= 15 is 0 Å². The van der Waals surface area contributed by atoms with Gasteiger partial charge in [0.15, 0.2) is 0 Å². The second-order valence-electron chi connectivity index (χ2n) is 3.19. The first-order valence-electron chi connectivity index (χ1n) is 3.73. The van der Waals surface area contributed by atoms with Crippen LogP contribution < -0.4 is 0 Å². The largest absolute Gasteiger partial charge is 0.0805 e. The summed E-state index contributed by atoms with van der Waals surface area (Å²) in [6.07, 6.45) is 9.39. The molecule has 0 aromatic rings. The van der Waals surface area contributed by atoms with Gasteiger partial charge in [-0.2, -0.15) is 0 Å². The van der Waals surface area contributed by atoms with Gasteiger partial charge in [0, 0.05) is 0 Å². The molecule has 0 saturated heterocycles. The fraction of sp³-hybridized carbons (Fsp3) is 0.556. The number of rotatable bonds is 1. The van der Waals surface area contributed by atoms with Gasteiger partial charge in [-0.1, -0.05) is 30.7 Å². The first kappa shape index (κ1) is 5.28. The van der Waals surface area contributed by atoms with Crippen LogP contribution in [0.3, 0.4) is 0 Å². The zero-order valence-electron chi connectivity index (χ0n) is 5.80. The van der Waals surface area contributed by atoms with Crippen LogP contribution in [0.15, 0.2) is 23.8 Å². The molecule has 0 bridgehead atoms. The maximum atomic E-state index is 2.34. The maximum Gasteiger partial charge on any atom is -0.0130 e. The first-order valence-corrected chi connectivity index (χ1v) is 3.73. The molecule has 0 heteroatoms. The summed E-state index contributed by atoms with van der Waals surface area (Å²) in [4.78, 5) is 0. The van der Waals surface area contributed by atoms with Crippen LogP contribution in [0, 0.1) is 11.8 Å². The Morgan fingerprint density at radius 1 is 1.56 bits per heavy atom. The van der Waals surface area contributed by atoms with Crippen molar-refractivity contribution in [2.24, 2.45) is 11.8 Å². The Labute approximate surface area is 56.3 Å². The molecular weight excluding hydrogens is 108 g/mol. The predicted octanol–water partition coefficient (Wildman–Crippen LogP) is 2.53. The van der Waals surface area contributed by atoms with Crippen molar-refractivity contribution in [3.8, 4) is 0 Å². The molecule has 0 N–H and O–H groups in total. The van der Waals surface area contributed by atoms with Crippen molar-refractivity contribution in [3.63, 3.8) is 0 Å². The van der Waals surface area contributed by atoms with Crippen LogP contribution in [0.25, 0.3) is 0 Å². The van der Waals surface area contributed by atoms with Crippen LogP contribution in [-0.4, -0.2) is 0 Å². The molecular formula is C9H12. The molecule has 0 aromatic carbocycles. The third kappa shape index (κ3) is 0.827. The molecule has 0 amide bonds. The van der Waals surface area contributed by atoms with Gasteiger partial charge in [-0.25, -0.2) is 0 Å². The van der Waals surface area contributed by atoms with E-state index in [1.54, 1.807) is 5.57 Å². The van der Waals surface area contributed by atoms with E-state index in [0.717, 1.165) is 11.8 Å². The molecule has 2 aliphatic carbocycles. The number of allylic oxidation sites excluding steroid dienone is 4. The lowest BCUT2D eigenvalue weighted by Crippen LogP contribution is -1.81. The molecule has 0 aliphatic heterocycles. The zero-order chi connectivity index (χ0) is 6.27. The van der Waals surface area contributed by atoms with Crippen LogP contribution >= 0.6 is 0 Å². The minimum atomic E-state index is 0.958. The highest BCUT2D eigenvalue weighted by Gasteiger charge is 2.35. The van der Waals surface area contributed by atoms with Gasteiger partial charge < -0.3 is 0 Å². The normalized spacial score (nSPS) is 39.0. The Balaban J connectivity index is 2.01. The van der Waals surface area contributed by atoms with Crippen molar-refractivity contribution in [1.29, 1.82) is 0 Å². The van der Waals surface area contributed by atoms with Crippen LogP contribution in [0.5, 0.6) is 0 Å². The smallest absolute Gasteiger partial charge is 0.0130 e. The highest BCUT2D eigenvalue weighted by Crippen LogP contribution is 2.45. The molecule has 0 spiro atoms. The number of hydrogen-bond acceptors (Lipinski definition) is 0. The molecule has 0 heterocycles. The summed E-state index contributed by atoms with van der Waals surface area (Å²) in [5, 5.41) is 0. The molecule has 1 fully saturated rings. The summed E-state index contributed by atoms with van der Waals surface area (Å²) in [6, 6.07) is 0. The fourth-order valence-electron chi connectivity index (χ4n) is 1.58. The van der Waals surface area contributed by atoms with Crippen molar-refractivity contribution in [1.82, 2.24) is 0 Å². The van der Waals surface area contributed by atoms with E-state index in [9.17, 15) is 0 Å². The lowest BCUT2D eigenvalue weighted by Gasteiger charge is -1.94. The zero-order valence-corrected chi connectivity index (χ0v) is 5.80. The third-order valence-electron chi connectivity index (χ3n) is 2.39. The summed E-state index contributed by atoms with van der Waals surface area (Å²) in [7, 11) is 0. The van der Waals surface area contributed by atoms with Crippen molar-refractivity contribution in [2.75, 3.05) is 0 Å². The van der Waals surface area contributed by atoms with E-state index in [1.807, 2.05) is 0 Å². The van der Waals surface area contributed by atoms with Crippen molar-refractivity contribution >= 4 is 0 Å². The van der Waals surface area contributed by atoms with E-state index in [-0.39, 0.29) is 0 Å². The predicted molar refractivity (Wildman–Crippen MR) is 39.1 cm³/mol. The lowest BCUT2D eigenvalue weighted by molar-refractivity contribution is 0.841. The Bertz CT molecular complexity index is 174.